The molecule has 0 aromatic carbocycles. The van der Waals surface area contributed by atoms with Gasteiger partial charge in [0.2, 0.25) is 0 Å². The maximum atomic E-state index is 5.82. The van der Waals surface area contributed by atoms with Gasteiger partial charge in [-0.25, -0.2) is 0 Å². The maximum absolute atomic E-state index is 5.82. The summed E-state index contributed by atoms with van der Waals surface area (Å²) in [7, 11) is 2.17. The Morgan fingerprint density at radius 2 is 2.00 bits per heavy atom. The van der Waals surface area contributed by atoms with Gasteiger partial charge < -0.3 is 9.64 Å². The molecule has 0 amide bonds. The fourth-order valence-electron chi connectivity index (χ4n) is 2.33. The average molecular weight is 223 g/mol. The number of likely N-dealkylation sites (tertiary alicyclic amines) is 1. The van der Waals surface area contributed by atoms with Crippen molar-refractivity contribution in [3.05, 3.63) is 25.0 Å². The molecule has 0 saturated carbocycles. The van der Waals surface area contributed by atoms with Gasteiger partial charge in [-0.15, -0.1) is 6.58 Å². The van der Waals surface area contributed by atoms with Crippen molar-refractivity contribution >= 4 is 0 Å². The van der Waals surface area contributed by atoms with Crippen LogP contribution in [0.3, 0.4) is 0 Å². The Bertz CT molecular complexity index is 249. The number of hydrogen-bond donors (Lipinski definition) is 0. The molecule has 1 rings (SSSR count). The van der Waals surface area contributed by atoms with E-state index in [1.54, 1.807) is 0 Å². The third-order valence-electron chi connectivity index (χ3n) is 3.45. The SMILES string of the molecule is C=CCC1(C(=C)OC(C)C)CCN(C)CC1. The van der Waals surface area contributed by atoms with Crippen LogP contribution in [0.4, 0.5) is 0 Å². The quantitative estimate of drug-likeness (QED) is 0.524. The lowest BCUT2D eigenvalue weighted by molar-refractivity contribution is 0.0461. The molecule has 1 aliphatic heterocycles. The van der Waals surface area contributed by atoms with Crippen molar-refractivity contribution in [3.63, 3.8) is 0 Å². The van der Waals surface area contributed by atoms with Gasteiger partial charge in [0.1, 0.15) is 0 Å². The molecule has 0 aliphatic carbocycles. The molecule has 2 nitrogen and oxygen atoms in total. The lowest BCUT2D eigenvalue weighted by Crippen LogP contribution is -2.39. The molecule has 0 radical (unpaired) electrons. The Morgan fingerprint density at radius 3 is 2.44 bits per heavy atom. The molecular weight excluding hydrogens is 198 g/mol. The first-order valence-corrected chi connectivity index (χ1v) is 6.15. The van der Waals surface area contributed by atoms with Gasteiger partial charge in [0.25, 0.3) is 0 Å². The van der Waals surface area contributed by atoms with Crippen LogP contribution in [0, 0.1) is 5.41 Å². The Hall–Kier alpha value is -0.760. The summed E-state index contributed by atoms with van der Waals surface area (Å²) < 4.78 is 5.82. The van der Waals surface area contributed by atoms with Crippen molar-refractivity contribution in [2.45, 2.75) is 39.2 Å². The van der Waals surface area contributed by atoms with E-state index in [1.807, 2.05) is 6.08 Å². The monoisotopic (exact) mass is 223 g/mol. The van der Waals surface area contributed by atoms with E-state index >= 15 is 0 Å². The van der Waals surface area contributed by atoms with Crippen LogP contribution in [-0.2, 0) is 4.74 Å². The summed E-state index contributed by atoms with van der Waals surface area (Å²) in [5, 5.41) is 0. The van der Waals surface area contributed by atoms with Gasteiger partial charge in [0.15, 0.2) is 0 Å². The lowest BCUT2D eigenvalue weighted by atomic mass is 9.74. The summed E-state index contributed by atoms with van der Waals surface area (Å²) in [5.74, 6) is 0.954. The molecule has 1 heterocycles. The van der Waals surface area contributed by atoms with E-state index in [9.17, 15) is 0 Å². The fraction of sp³-hybridized carbons (Fsp3) is 0.714. The minimum absolute atomic E-state index is 0.124. The zero-order chi connectivity index (χ0) is 12.2. The fourth-order valence-corrected chi connectivity index (χ4v) is 2.33. The van der Waals surface area contributed by atoms with Crippen LogP contribution in [0.15, 0.2) is 25.0 Å². The molecule has 0 bridgehead atoms. The first-order valence-electron chi connectivity index (χ1n) is 6.15. The zero-order valence-electron chi connectivity index (χ0n) is 11.0. The number of hydrogen-bond acceptors (Lipinski definition) is 2. The molecule has 0 aromatic heterocycles. The first kappa shape index (κ1) is 13.3. The summed E-state index contributed by atoms with van der Waals surface area (Å²) in [4.78, 5) is 2.37. The predicted molar refractivity (Wildman–Crippen MR) is 69.3 cm³/mol. The highest BCUT2D eigenvalue weighted by Crippen LogP contribution is 2.42. The zero-order valence-corrected chi connectivity index (χ0v) is 11.0. The number of allylic oxidation sites excluding steroid dienone is 2. The minimum atomic E-state index is 0.124. The number of nitrogens with zero attached hydrogens (tertiary/aromatic N) is 1. The molecule has 16 heavy (non-hydrogen) atoms. The van der Waals surface area contributed by atoms with Gasteiger partial charge in [-0.05, 0) is 53.2 Å². The van der Waals surface area contributed by atoms with Gasteiger partial charge in [-0.3, -0.25) is 0 Å². The van der Waals surface area contributed by atoms with Crippen molar-refractivity contribution in [1.29, 1.82) is 0 Å². The highest BCUT2D eigenvalue weighted by atomic mass is 16.5. The smallest absolute Gasteiger partial charge is 0.0957 e. The van der Waals surface area contributed by atoms with E-state index in [2.05, 4.69) is 39.0 Å². The highest BCUT2D eigenvalue weighted by Gasteiger charge is 2.36. The summed E-state index contributed by atoms with van der Waals surface area (Å²) >= 11 is 0. The molecule has 2 heteroatoms. The number of piperidine rings is 1. The van der Waals surface area contributed by atoms with Crippen molar-refractivity contribution < 1.29 is 4.74 Å². The Balaban J connectivity index is 2.72. The van der Waals surface area contributed by atoms with Crippen molar-refractivity contribution in [3.8, 4) is 0 Å². The third-order valence-corrected chi connectivity index (χ3v) is 3.45. The third kappa shape index (κ3) is 3.11. The van der Waals surface area contributed by atoms with Crippen LogP contribution >= 0.6 is 0 Å². The summed E-state index contributed by atoms with van der Waals surface area (Å²) in [6.45, 7) is 14.4. The van der Waals surface area contributed by atoms with Gasteiger partial charge in [0.05, 0.1) is 11.9 Å². The highest BCUT2D eigenvalue weighted by molar-refractivity contribution is 5.08. The molecule has 92 valence electrons. The van der Waals surface area contributed by atoms with Crippen molar-refractivity contribution in [1.82, 2.24) is 4.90 Å². The van der Waals surface area contributed by atoms with Gasteiger partial charge >= 0.3 is 0 Å². The molecule has 0 N–H and O–H groups in total. The van der Waals surface area contributed by atoms with Crippen LogP contribution in [0.25, 0.3) is 0 Å². The second-order valence-corrected chi connectivity index (χ2v) is 5.17. The van der Waals surface area contributed by atoms with E-state index in [1.165, 1.54) is 0 Å². The van der Waals surface area contributed by atoms with Crippen LogP contribution in [0.1, 0.15) is 33.1 Å². The topological polar surface area (TPSA) is 12.5 Å². The molecule has 0 unspecified atom stereocenters. The van der Waals surface area contributed by atoms with Crippen LogP contribution < -0.4 is 0 Å². The first-order chi connectivity index (χ1) is 7.50. The summed E-state index contributed by atoms with van der Waals surface area (Å²) in [6.07, 6.45) is 5.45. The van der Waals surface area contributed by atoms with Crippen LogP contribution in [0.5, 0.6) is 0 Å². The summed E-state index contributed by atoms with van der Waals surface area (Å²) in [5.41, 5.74) is 0.124. The second-order valence-electron chi connectivity index (χ2n) is 5.17. The van der Waals surface area contributed by atoms with Crippen molar-refractivity contribution in [2.24, 2.45) is 5.41 Å². The standard InChI is InChI=1S/C14H25NO/c1-6-7-14(13(4)16-12(2)3)8-10-15(5)11-9-14/h6,12H,1,4,7-11H2,2-3,5H3. The van der Waals surface area contributed by atoms with Gasteiger partial charge in [-0.2, -0.15) is 0 Å². The number of ether oxygens (including phenoxy) is 1. The van der Waals surface area contributed by atoms with E-state index < -0.39 is 0 Å². The lowest BCUT2D eigenvalue weighted by Gasteiger charge is -2.41. The molecule has 1 fully saturated rings. The largest absolute Gasteiger partial charge is 0.495 e. The predicted octanol–water partition coefficient (Wildman–Crippen LogP) is 3.21. The average Bonchev–Trinajstić information content (AvgIpc) is 2.21. The maximum Gasteiger partial charge on any atom is 0.0957 e. The minimum Gasteiger partial charge on any atom is -0.495 e. The van der Waals surface area contributed by atoms with E-state index in [0.717, 1.165) is 38.1 Å². The Kier molecular flexibility index (Phi) is 4.60. The van der Waals surface area contributed by atoms with Gasteiger partial charge in [0, 0.05) is 5.41 Å². The van der Waals surface area contributed by atoms with E-state index in [0.29, 0.717) is 0 Å². The van der Waals surface area contributed by atoms with E-state index in [4.69, 9.17) is 4.74 Å². The Morgan fingerprint density at radius 1 is 1.44 bits per heavy atom. The Labute approximate surface area is 100.0 Å². The van der Waals surface area contributed by atoms with E-state index in [-0.39, 0.29) is 11.5 Å². The molecule has 1 aliphatic rings. The summed E-state index contributed by atoms with van der Waals surface area (Å²) in [6, 6.07) is 0. The van der Waals surface area contributed by atoms with Gasteiger partial charge in [-0.1, -0.05) is 12.7 Å². The molecule has 0 aromatic rings. The molecule has 1 saturated heterocycles. The molecular formula is C14H25NO. The van der Waals surface area contributed by atoms with Crippen molar-refractivity contribution in [2.75, 3.05) is 20.1 Å². The molecule has 0 spiro atoms. The van der Waals surface area contributed by atoms with Crippen LogP contribution in [-0.4, -0.2) is 31.1 Å². The van der Waals surface area contributed by atoms with Crippen LogP contribution in [0.2, 0.25) is 0 Å². The second kappa shape index (κ2) is 5.53. The normalized spacial score (nSPS) is 20.8. The molecule has 0 atom stereocenters. The number of rotatable bonds is 5.